The second-order valence-corrected chi connectivity index (χ2v) is 6.24. The van der Waals surface area contributed by atoms with Crippen LogP contribution in [0, 0.1) is 0 Å². The van der Waals surface area contributed by atoms with Crippen molar-refractivity contribution in [3.63, 3.8) is 0 Å². The van der Waals surface area contributed by atoms with Crippen LogP contribution in [-0.4, -0.2) is 99.8 Å². The Morgan fingerprint density at radius 1 is 0.960 bits per heavy atom. The van der Waals surface area contributed by atoms with Gasteiger partial charge in [-0.25, -0.2) is 0 Å². The number of rotatable bonds is 8. The number of ether oxygens (including phenoxy) is 4. The fourth-order valence-electron chi connectivity index (χ4n) is 3.29. The second kappa shape index (κ2) is 12.3. The van der Waals surface area contributed by atoms with Gasteiger partial charge in [-0.1, -0.05) is 13.6 Å². The van der Waals surface area contributed by atoms with Crippen LogP contribution in [0.25, 0.3) is 0 Å². The number of hydrogen-bond donors (Lipinski definition) is 3. The molecule has 2 rings (SSSR count). The zero-order chi connectivity index (χ0) is 18.8. The smallest absolute Gasteiger partial charge is 0.149 e. The predicted octanol–water partition coefficient (Wildman–Crippen LogP) is -0.527. The average Bonchev–Trinajstić information content (AvgIpc) is 3.16. The Balaban J connectivity index is 0.000000251. The van der Waals surface area contributed by atoms with Crippen LogP contribution in [0.1, 0.15) is 19.3 Å². The molecule has 0 bridgehead atoms. The molecule has 0 amide bonds. The molecule has 2 saturated heterocycles. The third-order valence-corrected chi connectivity index (χ3v) is 4.70. The fourth-order valence-corrected chi connectivity index (χ4v) is 3.29. The summed E-state index contributed by atoms with van der Waals surface area (Å²) in [6, 6.07) is -0.0759. The molecule has 7 nitrogen and oxygen atoms in total. The van der Waals surface area contributed by atoms with Gasteiger partial charge in [-0.05, 0) is 19.3 Å². The van der Waals surface area contributed by atoms with Crippen molar-refractivity contribution in [2.75, 3.05) is 27.4 Å². The van der Waals surface area contributed by atoms with E-state index < -0.39 is 6.10 Å². The summed E-state index contributed by atoms with van der Waals surface area (Å²) in [5, 5.41) is 27.2. The fraction of sp³-hybridized carbons (Fsp3) is 1.00. The maximum absolute atomic E-state index is 9.68. The minimum Gasteiger partial charge on any atom is -0.396 e. The van der Waals surface area contributed by atoms with Gasteiger partial charge in [0.1, 0.15) is 26.8 Å². The largest absolute Gasteiger partial charge is 0.396 e. The lowest BCUT2D eigenvalue weighted by atomic mass is 9.72. The topological polar surface area (TPSA) is 97.6 Å². The summed E-state index contributed by atoms with van der Waals surface area (Å²) < 4.78 is 21.5. The van der Waals surface area contributed by atoms with Gasteiger partial charge in [0.25, 0.3) is 0 Å². The molecule has 0 aromatic carbocycles. The molecular formula is C16H32B2O7. The van der Waals surface area contributed by atoms with Crippen LogP contribution in [0.5, 0.6) is 0 Å². The van der Waals surface area contributed by atoms with E-state index in [-0.39, 0.29) is 49.6 Å². The van der Waals surface area contributed by atoms with Gasteiger partial charge in [0.2, 0.25) is 0 Å². The van der Waals surface area contributed by atoms with Crippen molar-refractivity contribution in [3.05, 3.63) is 0 Å². The monoisotopic (exact) mass is 358 g/mol. The summed E-state index contributed by atoms with van der Waals surface area (Å²) in [5.74, 6) is 0. The van der Waals surface area contributed by atoms with E-state index >= 15 is 0 Å². The van der Waals surface area contributed by atoms with Crippen molar-refractivity contribution < 1.29 is 34.3 Å². The Kier molecular flexibility index (Phi) is 11.2. The number of aliphatic hydroxyl groups excluding tert-OH is 3. The summed E-state index contributed by atoms with van der Waals surface area (Å²) >= 11 is 0. The van der Waals surface area contributed by atoms with Gasteiger partial charge in [-0.15, -0.1) is 0 Å². The van der Waals surface area contributed by atoms with E-state index in [1.165, 1.54) is 0 Å². The van der Waals surface area contributed by atoms with E-state index in [9.17, 15) is 5.11 Å². The SMILES string of the molecule is C[B][C@@H]1O[C@H](CCO)[C@H](OC)C1O.C[B][C@H]1C[C@@H](OC)[C@@H](CCO)O1. The Bertz CT molecular complexity index is 350. The summed E-state index contributed by atoms with van der Waals surface area (Å²) in [6.07, 6.45) is 1.16. The lowest BCUT2D eigenvalue weighted by Crippen LogP contribution is -2.36. The van der Waals surface area contributed by atoms with Gasteiger partial charge in [-0.3, -0.25) is 0 Å². The molecule has 2 fully saturated rings. The molecule has 2 aliphatic rings. The van der Waals surface area contributed by atoms with Crippen molar-refractivity contribution >= 4 is 14.6 Å². The van der Waals surface area contributed by atoms with Crippen LogP contribution in [0.2, 0.25) is 13.6 Å². The van der Waals surface area contributed by atoms with Crippen molar-refractivity contribution in [2.24, 2.45) is 0 Å². The van der Waals surface area contributed by atoms with Gasteiger partial charge in [0.05, 0.1) is 24.3 Å². The molecule has 0 aliphatic carbocycles. The number of methoxy groups -OCH3 is 2. The molecule has 25 heavy (non-hydrogen) atoms. The first kappa shape index (κ1) is 22.9. The molecule has 3 N–H and O–H groups in total. The maximum Gasteiger partial charge on any atom is 0.149 e. The van der Waals surface area contributed by atoms with Gasteiger partial charge >= 0.3 is 0 Å². The van der Waals surface area contributed by atoms with Gasteiger partial charge in [-0.2, -0.15) is 0 Å². The predicted molar refractivity (Wildman–Crippen MR) is 96.2 cm³/mol. The zero-order valence-electron chi connectivity index (χ0n) is 15.7. The summed E-state index contributed by atoms with van der Waals surface area (Å²) in [4.78, 5) is 0. The Morgan fingerprint density at radius 3 is 2.08 bits per heavy atom. The molecule has 0 spiro atoms. The molecular weight excluding hydrogens is 326 g/mol. The first-order valence-corrected chi connectivity index (χ1v) is 8.91. The molecule has 2 heterocycles. The van der Waals surface area contributed by atoms with Gasteiger partial charge in [0, 0.05) is 33.4 Å². The third kappa shape index (κ3) is 6.50. The van der Waals surface area contributed by atoms with E-state index in [0.717, 1.165) is 6.42 Å². The molecule has 2 aliphatic heterocycles. The number of hydrogen-bond acceptors (Lipinski definition) is 7. The van der Waals surface area contributed by atoms with E-state index in [4.69, 9.17) is 29.2 Å². The molecule has 0 aromatic heterocycles. The second-order valence-electron chi connectivity index (χ2n) is 6.24. The lowest BCUT2D eigenvalue weighted by Gasteiger charge is -2.17. The molecule has 7 atom stereocenters. The molecule has 144 valence electrons. The molecule has 1 unspecified atom stereocenters. The summed E-state index contributed by atoms with van der Waals surface area (Å²) in [5.41, 5.74) is 0. The first-order valence-electron chi connectivity index (χ1n) is 8.91. The van der Waals surface area contributed by atoms with Gasteiger partial charge in [0.15, 0.2) is 0 Å². The van der Waals surface area contributed by atoms with Crippen LogP contribution in [0.4, 0.5) is 0 Å². The highest BCUT2D eigenvalue weighted by Crippen LogP contribution is 2.25. The normalized spacial score (nSPS) is 37.5. The highest BCUT2D eigenvalue weighted by Gasteiger charge is 2.42. The standard InChI is InChI=1S/C8H16BO4.C8H16BO3/c1-9-8-6(11)7(12-2)5(13-8)3-4-10;1-9-8-5-7(11-2)6(12-8)3-4-10/h5-8,10-11H,3-4H2,1-2H3;6-8,10H,3-5H2,1-2H3/t5-,6?,7+,8-;6-,7-,8-/m11/s1. The lowest BCUT2D eigenvalue weighted by molar-refractivity contribution is -0.0183. The zero-order valence-corrected chi connectivity index (χ0v) is 15.7. The Hall–Kier alpha value is -0.150. The third-order valence-electron chi connectivity index (χ3n) is 4.70. The van der Waals surface area contributed by atoms with Crippen molar-refractivity contribution in [1.82, 2.24) is 0 Å². The Morgan fingerprint density at radius 2 is 1.60 bits per heavy atom. The van der Waals surface area contributed by atoms with Crippen molar-refractivity contribution in [2.45, 2.75) is 75.4 Å². The highest BCUT2D eigenvalue weighted by atomic mass is 16.6. The molecule has 0 saturated carbocycles. The quantitative estimate of drug-likeness (QED) is 0.502. The Labute approximate surface area is 152 Å². The maximum atomic E-state index is 9.68. The van der Waals surface area contributed by atoms with Crippen LogP contribution in [0.15, 0.2) is 0 Å². The molecule has 0 aromatic rings. The van der Waals surface area contributed by atoms with E-state index in [1.807, 2.05) is 20.9 Å². The summed E-state index contributed by atoms with van der Waals surface area (Å²) in [6.45, 7) is 4.04. The van der Waals surface area contributed by atoms with Crippen molar-refractivity contribution in [1.29, 1.82) is 0 Å². The first-order chi connectivity index (χ1) is 12.1. The minimum absolute atomic E-state index is 0.0493. The minimum atomic E-state index is -0.619. The van der Waals surface area contributed by atoms with E-state index in [0.29, 0.717) is 12.8 Å². The van der Waals surface area contributed by atoms with E-state index in [1.54, 1.807) is 21.5 Å². The van der Waals surface area contributed by atoms with Gasteiger partial charge < -0.3 is 34.3 Å². The van der Waals surface area contributed by atoms with Crippen LogP contribution in [-0.2, 0) is 18.9 Å². The highest BCUT2D eigenvalue weighted by molar-refractivity contribution is 6.35. The van der Waals surface area contributed by atoms with Crippen molar-refractivity contribution in [3.8, 4) is 0 Å². The van der Waals surface area contributed by atoms with Crippen LogP contribution >= 0.6 is 0 Å². The molecule has 2 radical (unpaired) electrons. The molecule has 9 heteroatoms. The summed E-state index contributed by atoms with van der Waals surface area (Å²) in [7, 11) is 7.06. The van der Waals surface area contributed by atoms with Crippen LogP contribution in [0.3, 0.4) is 0 Å². The van der Waals surface area contributed by atoms with Crippen LogP contribution < -0.4 is 0 Å². The number of aliphatic hydroxyl groups is 3. The van der Waals surface area contributed by atoms with E-state index in [2.05, 4.69) is 0 Å². The average molecular weight is 358 g/mol.